The molecule has 0 bridgehead atoms. The third-order valence-electron chi connectivity index (χ3n) is 1.86. The minimum atomic E-state index is 0.980. The summed E-state index contributed by atoms with van der Waals surface area (Å²) in [7, 11) is 0. The molecule has 74 valence electrons. The maximum atomic E-state index is 3.94. The summed E-state index contributed by atoms with van der Waals surface area (Å²) < 4.78 is 0. The van der Waals surface area contributed by atoms with Crippen LogP contribution in [0.3, 0.4) is 0 Å². The van der Waals surface area contributed by atoms with Crippen molar-refractivity contribution in [1.82, 2.24) is 4.90 Å². The second-order valence-corrected chi connectivity index (χ2v) is 3.53. The molecule has 0 rings (SSSR count). The second kappa shape index (κ2) is 5.63. The van der Waals surface area contributed by atoms with E-state index in [4.69, 9.17) is 0 Å². The maximum Gasteiger partial charge on any atom is 0.0196 e. The van der Waals surface area contributed by atoms with Gasteiger partial charge in [-0.25, -0.2) is 0 Å². The molecular formula is C12H21N. The Labute approximate surface area is 82.4 Å². The molecule has 0 aromatic heterocycles. The van der Waals surface area contributed by atoms with Gasteiger partial charge in [-0.15, -0.1) is 0 Å². The summed E-state index contributed by atoms with van der Waals surface area (Å²) >= 11 is 0. The average Bonchev–Trinajstić information content (AvgIpc) is 2.01. The molecule has 0 fully saturated rings. The molecule has 0 aliphatic heterocycles. The minimum Gasteiger partial charge on any atom is -0.350 e. The van der Waals surface area contributed by atoms with Gasteiger partial charge in [0.25, 0.3) is 0 Å². The molecule has 0 saturated heterocycles. The molecule has 0 aromatic rings. The van der Waals surface area contributed by atoms with Crippen molar-refractivity contribution in [3.05, 3.63) is 35.7 Å². The first-order valence-electron chi connectivity index (χ1n) is 4.73. The highest BCUT2D eigenvalue weighted by Crippen LogP contribution is 2.10. The van der Waals surface area contributed by atoms with Crippen molar-refractivity contribution in [3.8, 4) is 0 Å². The molecular weight excluding hydrogens is 158 g/mol. The van der Waals surface area contributed by atoms with Gasteiger partial charge < -0.3 is 4.90 Å². The van der Waals surface area contributed by atoms with Crippen molar-refractivity contribution in [2.75, 3.05) is 6.54 Å². The van der Waals surface area contributed by atoms with Crippen molar-refractivity contribution < 1.29 is 0 Å². The third-order valence-corrected chi connectivity index (χ3v) is 1.86. The molecule has 1 nitrogen and oxygen atoms in total. The van der Waals surface area contributed by atoms with E-state index in [0.717, 1.165) is 12.2 Å². The van der Waals surface area contributed by atoms with E-state index in [9.17, 15) is 0 Å². The lowest BCUT2D eigenvalue weighted by atomic mass is 10.2. The first-order valence-corrected chi connectivity index (χ1v) is 4.73. The van der Waals surface area contributed by atoms with Crippen LogP contribution in [0.15, 0.2) is 35.7 Å². The van der Waals surface area contributed by atoms with E-state index in [2.05, 4.69) is 51.3 Å². The smallest absolute Gasteiger partial charge is 0.0196 e. The molecule has 0 aliphatic carbocycles. The number of allylic oxidation sites excluding steroid dienone is 5. The molecule has 0 aliphatic rings. The zero-order chi connectivity index (χ0) is 10.4. The Bertz CT molecular complexity index is 230. The molecule has 1 heteroatoms. The van der Waals surface area contributed by atoms with Gasteiger partial charge in [0.2, 0.25) is 0 Å². The summed E-state index contributed by atoms with van der Waals surface area (Å²) in [6.45, 7) is 15.4. The van der Waals surface area contributed by atoms with Crippen molar-refractivity contribution in [1.29, 1.82) is 0 Å². The quantitative estimate of drug-likeness (QED) is 0.595. The Morgan fingerprint density at radius 1 is 1.15 bits per heavy atom. The molecule has 0 spiro atoms. The molecule has 0 radical (unpaired) electrons. The van der Waals surface area contributed by atoms with E-state index in [1.807, 2.05) is 6.92 Å². The maximum absolute atomic E-state index is 3.94. The van der Waals surface area contributed by atoms with Gasteiger partial charge in [-0.1, -0.05) is 18.2 Å². The standard InChI is InChI=1S/C12H21N/c1-7-13(11(4)5)12(6)9-8-10(2)3/h8-9H,4,7H2,1-3,5-6H3/b12-9+. The van der Waals surface area contributed by atoms with Crippen LogP contribution in [0.2, 0.25) is 0 Å². The minimum absolute atomic E-state index is 0.980. The highest BCUT2D eigenvalue weighted by molar-refractivity contribution is 5.16. The zero-order valence-corrected chi connectivity index (χ0v) is 9.52. The lowest BCUT2D eigenvalue weighted by Gasteiger charge is -2.23. The van der Waals surface area contributed by atoms with Gasteiger partial charge in [-0.3, -0.25) is 0 Å². The van der Waals surface area contributed by atoms with Crippen LogP contribution in [0.4, 0.5) is 0 Å². The molecule has 13 heavy (non-hydrogen) atoms. The monoisotopic (exact) mass is 179 g/mol. The lowest BCUT2D eigenvalue weighted by molar-refractivity contribution is 0.454. The van der Waals surface area contributed by atoms with Gasteiger partial charge in [0.15, 0.2) is 0 Å². The molecule has 0 unspecified atom stereocenters. The van der Waals surface area contributed by atoms with Crippen LogP contribution >= 0.6 is 0 Å². The Kier molecular flexibility index (Phi) is 5.20. The molecule has 0 N–H and O–H groups in total. The van der Waals surface area contributed by atoms with Crippen LogP contribution in [-0.2, 0) is 0 Å². The van der Waals surface area contributed by atoms with Gasteiger partial charge >= 0.3 is 0 Å². The number of hydrogen-bond acceptors (Lipinski definition) is 1. The third kappa shape index (κ3) is 4.56. The SMILES string of the molecule is C=C(C)N(CC)/C(C)=C/C=C(C)C. The number of hydrogen-bond donors (Lipinski definition) is 0. The summed E-state index contributed by atoms with van der Waals surface area (Å²) in [6.07, 6.45) is 4.26. The second-order valence-electron chi connectivity index (χ2n) is 3.53. The Morgan fingerprint density at radius 2 is 1.69 bits per heavy atom. The first kappa shape index (κ1) is 12.0. The largest absolute Gasteiger partial charge is 0.350 e. The highest BCUT2D eigenvalue weighted by Gasteiger charge is 2.00. The van der Waals surface area contributed by atoms with Crippen LogP contribution in [0, 0.1) is 0 Å². The Balaban J connectivity index is 4.54. The average molecular weight is 179 g/mol. The summed E-state index contributed by atoms with van der Waals surface area (Å²) in [5.41, 5.74) is 3.66. The Morgan fingerprint density at radius 3 is 2.00 bits per heavy atom. The van der Waals surface area contributed by atoms with E-state index in [1.54, 1.807) is 0 Å². The van der Waals surface area contributed by atoms with Crippen molar-refractivity contribution in [2.45, 2.75) is 34.6 Å². The topological polar surface area (TPSA) is 3.24 Å². The summed E-state index contributed by atoms with van der Waals surface area (Å²) in [4.78, 5) is 2.19. The molecule has 0 heterocycles. The predicted molar refractivity (Wildman–Crippen MR) is 60.4 cm³/mol. The van der Waals surface area contributed by atoms with E-state index >= 15 is 0 Å². The van der Waals surface area contributed by atoms with E-state index in [-0.39, 0.29) is 0 Å². The van der Waals surface area contributed by atoms with Gasteiger partial charge in [0, 0.05) is 17.9 Å². The van der Waals surface area contributed by atoms with Gasteiger partial charge in [0.1, 0.15) is 0 Å². The van der Waals surface area contributed by atoms with E-state index in [0.29, 0.717) is 0 Å². The fourth-order valence-corrected chi connectivity index (χ4v) is 1.20. The van der Waals surface area contributed by atoms with Crippen molar-refractivity contribution in [2.24, 2.45) is 0 Å². The number of nitrogens with zero attached hydrogens (tertiary/aromatic N) is 1. The zero-order valence-electron chi connectivity index (χ0n) is 9.52. The summed E-state index contributed by atoms with van der Waals surface area (Å²) in [5, 5.41) is 0. The Hall–Kier alpha value is -0.980. The predicted octanol–water partition coefficient (Wildman–Crippen LogP) is 3.71. The molecule has 0 atom stereocenters. The van der Waals surface area contributed by atoms with E-state index in [1.165, 1.54) is 11.3 Å². The fourth-order valence-electron chi connectivity index (χ4n) is 1.20. The van der Waals surface area contributed by atoms with E-state index < -0.39 is 0 Å². The van der Waals surface area contributed by atoms with Crippen LogP contribution in [0.1, 0.15) is 34.6 Å². The fraction of sp³-hybridized carbons (Fsp3) is 0.500. The van der Waals surface area contributed by atoms with Crippen LogP contribution in [0.5, 0.6) is 0 Å². The van der Waals surface area contributed by atoms with Crippen molar-refractivity contribution >= 4 is 0 Å². The first-order chi connectivity index (χ1) is 5.99. The summed E-state index contributed by atoms with van der Waals surface area (Å²) in [6, 6.07) is 0. The number of rotatable bonds is 4. The highest BCUT2D eigenvalue weighted by atomic mass is 15.1. The van der Waals surface area contributed by atoms with Gasteiger partial charge in [-0.05, 0) is 40.7 Å². The van der Waals surface area contributed by atoms with Gasteiger partial charge in [-0.2, -0.15) is 0 Å². The molecule has 0 saturated carbocycles. The van der Waals surface area contributed by atoms with Crippen LogP contribution in [-0.4, -0.2) is 11.4 Å². The normalized spacial score (nSPS) is 11.0. The molecule has 0 amide bonds. The van der Waals surface area contributed by atoms with Crippen LogP contribution in [0.25, 0.3) is 0 Å². The molecule has 0 aromatic carbocycles. The summed E-state index contributed by atoms with van der Waals surface area (Å²) in [5.74, 6) is 0. The van der Waals surface area contributed by atoms with Crippen molar-refractivity contribution in [3.63, 3.8) is 0 Å². The lowest BCUT2D eigenvalue weighted by Crippen LogP contribution is -2.17. The van der Waals surface area contributed by atoms with Crippen LogP contribution < -0.4 is 0 Å². The van der Waals surface area contributed by atoms with Gasteiger partial charge in [0.05, 0.1) is 0 Å².